The average Bonchev–Trinajstić information content (AvgIpc) is 2.77. The molecule has 0 saturated heterocycles. The molecule has 0 fully saturated rings. The molecule has 8 heteroatoms. The third-order valence-electron chi connectivity index (χ3n) is 2.51. The maximum absolute atomic E-state index is 10.8. The summed E-state index contributed by atoms with van der Waals surface area (Å²) in [6.07, 6.45) is 0. The Hall–Kier alpha value is -1.21. The predicted molar refractivity (Wildman–Crippen MR) is 82.7 cm³/mol. The summed E-state index contributed by atoms with van der Waals surface area (Å²) >= 11 is 7.35. The van der Waals surface area contributed by atoms with Gasteiger partial charge < -0.3 is 5.32 Å². The van der Waals surface area contributed by atoms with Gasteiger partial charge in [-0.1, -0.05) is 17.7 Å². The SMILES string of the molecule is Cc1nc(CNCc2ccc(Cl)c([N+](=O)[O-])c2)cs1.Cl. The van der Waals surface area contributed by atoms with Crippen LogP contribution in [0.2, 0.25) is 5.02 Å². The van der Waals surface area contributed by atoms with Gasteiger partial charge in [-0.05, 0) is 18.6 Å². The van der Waals surface area contributed by atoms with E-state index in [0.29, 0.717) is 13.1 Å². The van der Waals surface area contributed by atoms with Gasteiger partial charge in [0.05, 0.1) is 15.6 Å². The Morgan fingerprint density at radius 1 is 1.45 bits per heavy atom. The largest absolute Gasteiger partial charge is 0.307 e. The van der Waals surface area contributed by atoms with E-state index in [-0.39, 0.29) is 23.1 Å². The summed E-state index contributed by atoms with van der Waals surface area (Å²) in [5, 5.41) is 17.1. The first-order chi connectivity index (χ1) is 9.06. The van der Waals surface area contributed by atoms with Crippen LogP contribution >= 0.6 is 35.3 Å². The second-order valence-electron chi connectivity index (χ2n) is 4.00. The highest BCUT2D eigenvalue weighted by Crippen LogP contribution is 2.24. The summed E-state index contributed by atoms with van der Waals surface area (Å²) in [4.78, 5) is 14.6. The van der Waals surface area contributed by atoms with E-state index in [1.54, 1.807) is 23.5 Å². The number of hydrogen-bond acceptors (Lipinski definition) is 5. The van der Waals surface area contributed by atoms with Crippen molar-refractivity contribution in [1.82, 2.24) is 10.3 Å². The smallest absolute Gasteiger partial charge is 0.288 e. The highest BCUT2D eigenvalue weighted by molar-refractivity contribution is 7.09. The zero-order valence-electron chi connectivity index (χ0n) is 10.6. The zero-order valence-corrected chi connectivity index (χ0v) is 13.0. The van der Waals surface area contributed by atoms with E-state index >= 15 is 0 Å². The fourth-order valence-electron chi connectivity index (χ4n) is 1.63. The Morgan fingerprint density at radius 2 is 2.20 bits per heavy atom. The van der Waals surface area contributed by atoms with Crippen molar-refractivity contribution in [3.63, 3.8) is 0 Å². The molecule has 1 heterocycles. The Morgan fingerprint density at radius 3 is 2.80 bits per heavy atom. The van der Waals surface area contributed by atoms with E-state index in [0.717, 1.165) is 16.3 Å². The van der Waals surface area contributed by atoms with Crippen LogP contribution in [0, 0.1) is 17.0 Å². The van der Waals surface area contributed by atoms with E-state index in [9.17, 15) is 10.1 Å². The van der Waals surface area contributed by atoms with Crippen LogP contribution in [0.15, 0.2) is 23.6 Å². The number of aryl methyl sites for hydroxylation is 1. The lowest BCUT2D eigenvalue weighted by atomic mass is 10.2. The van der Waals surface area contributed by atoms with Gasteiger partial charge in [-0.15, -0.1) is 23.7 Å². The van der Waals surface area contributed by atoms with Gasteiger partial charge in [0.2, 0.25) is 0 Å². The first-order valence-corrected chi connectivity index (χ1v) is 6.86. The third-order valence-corrected chi connectivity index (χ3v) is 3.65. The number of hydrogen-bond donors (Lipinski definition) is 1. The minimum absolute atomic E-state index is 0. The number of benzene rings is 1. The van der Waals surface area contributed by atoms with Crippen molar-refractivity contribution in [3.8, 4) is 0 Å². The number of thiazole rings is 1. The topological polar surface area (TPSA) is 68.1 Å². The number of nitro benzene ring substituents is 1. The number of rotatable bonds is 5. The molecule has 0 radical (unpaired) electrons. The monoisotopic (exact) mass is 333 g/mol. The van der Waals surface area contributed by atoms with Gasteiger partial charge in [-0.25, -0.2) is 4.98 Å². The molecule has 5 nitrogen and oxygen atoms in total. The van der Waals surface area contributed by atoms with Crippen LogP contribution in [0.25, 0.3) is 0 Å². The standard InChI is InChI=1S/C12H12ClN3O2S.ClH/c1-8-15-10(7-19-8)6-14-5-9-2-3-11(13)12(4-9)16(17)18;/h2-4,7,14H,5-6H2,1H3;1H. The van der Waals surface area contributed by atoms with Gasteiger partial charge in [0.1, 0.15) is 5.02 Å². The first-order valence-electron chi connectivity index (χ1n) is 5.61. The summed E-state index contributed by atoms with van der Waals surface area (Å²) in [6, 6.07) is 4.81. The lowest BCUT2D eigenvalue weighted by Crippen LogP contribution is -2.13. The molecule has 0 aliphatic rings. The molecule has 108 valence electrons. The van der Waals surface area contributed by atoms with Gasteiger partial charge >= 0.3 is 0 Å². The minimum atomic E-state index is -0.477. The molecule has 2 aromatic rings. The van der Waals surface area contributed by atoms with Crippen molar-refractivity contribution >= 4 is 41.0 Å². The predicted octanol–water partition coefficient (Wildman–Crippen LogP) is 3.72. The molecule has 0 amide bonds. The molecule has 0 spiro atoms. The van der Waals surface area contributed by atoms with Gasteiger partial charge in [0, 0.05) is 24.5 Å². The van der Waals surface area contributed by atoms with Crippen LogP contribution in [0.1, 0.15) is 16.3 Å². The van der Waals surface area contributed by atoms with Crippen molar-refractivity contribution in [2.45, 2.75) is 20.0 Å². The zero-order chi connectivity index (χ0) is 13.8. The molecule has 0 unspecified atom stereocenters. The van der Waals surface area contributed by atoms with Crippen LogP contribution in [0.3, 0.4) is 0 Å². The highest BCUT2D eigenvalue weighted by Gasteiger charge is 2.12. The summed E-state index contributed by atoms with van der Waals surface area (Å²) < 4.78 is 0. The Balaban J connectivity index is 0.00000200. The molecule has 1 aromatic carbocycles. The van der Waals surface area contributed by atoms with E-state index in [4.69, 9.17) is 11.6 Å². The molecule has 1 aromatic heterocycles. The van der Waals surface area contributed by atoms with Crippen LogP contribution in [-0.2, 0) is 13.1 Å². The normalized spacial score (nSPS) is 10.1. The Kier molecular flexibility index (Phi) is 6.35. The van der Waals surface area contributed by atoms with Crippen LogP contribution < -0.4 is 5.32 Å². The molecular formula is C12H13Cl2N3O2S. The summed E-state index contributed by atoms with van der Waals surface area (Å²) in [7, 11) is 0. The van der Waals surface area contributed by atoms with E-state index in [1.165, 1.54) is 6.07 Å². The van der Waals surface area contributed by atoms with Gasteiger partial charge in [0.25, 0.3) is 5.69 Å². The molecule has 0 atom stereocenters. The van der Waals surface area contributed by atoms with Crippen LogP contribution in [0.4, 0.5) is 5.69 Å². The Labute approximate surface area is 131 Å². The number of nitro groups is 1. The van der Waals surface area contributed by atoms with Crippen molar-refractivity contribution in [3.05, 3.63) is 55.0 Å². The van der Waals surface area contributed by atoms with E-state index < -0.39 is 4.92 Å². The summed E-state index contributed by atoms with van der Waals surface area (Å²) in [5.74, 6) is 0. The van der Waals surface area contributed by atoms with Gasteiger partial charge in [-0.3, -0.25) is 10.1 Å². The molecule has 1 N–H and O–H groups in total. The molecule has 0 aliphatic heterocycles. The first kappa shape index (κ1) is 16.8. The van der Waals surface area contributed by atoms with Crippen LogP contribution in [-0.4, -0.2) is 9.91 Å². The Bertz CT molecular complexity index is 604. The second kappa shape index (κ2) is 7.54. The van der Waals surface area contributed by atoms with E-state index in [2.05, 4.69) is 10.3 Å². The van der Waals surface area contributed by atoms with Crippen molar-refractivity contribution < 1.29 is 4.92 Å². The lowest BCUT2D eigenvalue weighted by molar-refractivity contribution is -0.384. The molecule has 0 aliphatic carbocycles. The van der Waals surface area contributed by atoms with Crippen molar-refractivity contribution in [2.75, 3.05) is 0 Å². The highest BCUT2D eigenvalue weighted by atomic mass is 35.5. The summed E-state index contributed by atoms with van der Waals surface area (Å²) in [5.41, 5.74) is 1.74. The maximum atomic E-state index is 10.8. The maximum Gasteiger partial charge on any atom is 0.288 e. The molecular weight excluding hydrogens is 321 g/mol. The fourth-order valence-corrected chi connectivity index (χ4v) is 2.43. The number of halogens is 2. The molecule has 0 saturated carbocycles. The fraction of sp³-hybridized carbons (Fsp3) is 0.250. The van der Waals surface area contributed by atoms with Gasteiger partial charge in [-0.2, -0.15) is 0 Å². The minimum Gasteiger partial charge on any atom is -0.307 e. The van der Waals surface area contributed by atoms with Crippen LogP contribution in [0.5, 0.6) is 0 Å². The van der Waals surface area contributed by atoms with Crippen molar-refractivity contribution in [2.24, 2.45) is 0 Å². The number of aromatic nitrogens is 1. The second-order valence-corrected chi connectivity index (χ2v) is 5.47. The third kappa shape index (κ3) is 4.42. The average molecular weight is 334 g/mol. The van der Waals surface area contributed by atoms with Crippen molar-refractivity contribution in [1.29, 1.82) is 0 Å². The quantitative estimate of drug-likeness (QED) is 0.668. The lowest BCUT2D eigenvalue weighted by Gasteiger charge is -2.04. The number of nitrogens with one attached hydrogen (secondary N) is 1. The summed E-state index contributed by atoms with van der Waals surface area (Å²) in [6.45, 7) is 3.13. The number of nitrogens with zero attached hydrogens (tertiary/aromatic N) is 2. The molecule has 0 bridgehead atoms. The molecule has 2 rings (SSSR count). The molecule has 20 heavy (non-hydrogen) atoms. The van der Waals surface area contributed by atoms with E-state index in [1.807, 2.05) is 12.3 Å². The van der Waals surface area contributed by atoms with Gasteiger partial charge in [0.15, 0.2) is 0 Å².